The molecule has 0 spiro atoms. The first kappa shape index (κ1) is 18.0. The highest BCUT2D eigenvalue weighted by Gasteiger charge is 2.16. The van der Waals surface area contributed by atoms with E-state index in [4.69, 9.17) is 4.74 Å². The number of anilines is 1. The van der Waals surface area contributed by atoms with Gasteiger partial charge in [0.05, 0.1) is 12.6 Å². The minimum Gasteiger partial charge on any atom is -0.376 e. The molecule has 1 aliphatic heterocycles. The van der Waals surface area contributed by atoms with Gasteiger partial charge >= 0.3 is 0 Å². The highest BCUT2D eigenvalue weighted by molar-refractivity contribution is 6.09. The molecule has 1 amide bonds. The van der Waals surface area contributed by atoms with Crippen LogP contribution in [0.4, 0.5) is 14.5 Å². The van der Waals surface area contributed by atoms with Gasteiger partial charge in [-0.1, -0.05) is 12.1 Å². The maximum atomic E-state index is 13.4. The molecule has 2 aromatic carbocycles. The van der Waals surface area contributed by atoms with E-state index in [0.29, 0.717) is 18.8 Å². The lowest BCUT2D eigenvalue weighted by molar-refractivity contribution is 0.0975. The third-order valence-electron chi connectivity index (χ3n) is 3.88. The van der Waals surface area contributed by atoms with E-state index in [1.165, 1.54) is 30.3 Å². The fourth-order valence-corrected chi connectivity index (χ4v) is 2.60. The molecule has 26 heavy (non-hydrogen) atoms. The van der Waals surface area contributed by atoms with Gasteiger partial charge in [0.25, 0.3) is 5.91 Å². The van der Waals surface area contributed by atoms with Gasteiger partial charge in [-0.05, 0) is 49.2 Å². The Bertz CT molecular complexity index is 805. The Balaban J connectivity index is 1.75. The first-order valence-corrected chi connectivity index (χ1v) is 8.36. The molecule has 2 N–H and O–H groups in total. The molecule has 0 saturated carbocycles. The van der Waals surface area contributed by atoms with Crippen LogP contribution in [0, 0.1) is 11.6 Å². The molecular formula is C19H19F2N3O2. The number of ether oxygens (including phenoxy) is 1. The molecule has 0 bridgehead atoms. The summed E-state index contributed by atoms with van der Waals surface area (Å²) in [4.78, 5) is 16.7. The van der Waals surface area contributed by atoms with E-state index in [1.807, 2.05) is 0 Å². The van der Waals surface area contributed by atoms with Crippen molar-refractivity contribution in [3.05, 3.63) is 65.7 Å². The Morgan fingerprint density at radius 2 is 1.92 bits per heavy atom. The molecular weight excluding hydrogens is 340 g/mol. The number of benzene rings is 2. The molecule has 7 heteroatoms. The quantitative estimate of drug-likeness (QED) is 0.650. The van der Waals surface area contributed by atoms with Crippen molar-refractivity contribution in [2.45, 2.75) is 18.9 Å². The first-order valence-electron chi connectivity index (χ1n) is 8.36. The topological polar surface area (TPSA) is 62.7 Å². The second-order valence-corrected chi connectivity index (χ2v) is 5.92. The molecule has 3 rings (SSSR count). The standard InChI is InChI=1S/C19H19F2N3O2/c20-14-5-1-4-13(10-14)18(25)24-19(22-12-17-8-3-9-26-17)23-16-7-2-6-15(21)11-16/h1-2,4-7,10-11,17H,3,8-9,12H2,(H2,22,23,24,25)/t17-/m1/s1. The van der Waals surface area contributed by atoms with E-state index in [2.05, 4.69) is 15.6 Å². The van der Waals surface area contributed by atoms with Crippen molar-refractivity contribution in [2.24, 2.45) is 4.99 Å². The fraction of sp³-hybridized carbons (Fsp3) is 0.263. The Hall–Kier alpha value is -2.80. The predicted molar refractivity (Wildman–Crippen MR) is 95.2 cm³/mol. The van der Waals surface area contributed by atoms with Crippen molar-refractivity contribution in [3.63, 3.8) is 0 Å². The van der Waals surface area contributed by atoms with Crippen LogP contribution in [0.3, 0.4) is 0 Å². The van der Waals surface area contributed by atoms with Gasteiger partial charge in [0.2, 0.25) is 5.96 Å². The van der Waals surface area contributed by atoms with Crippen LogP contribution in [0.2, 0.25) is 0 Å². The van der Waals surface area contributed by atoms with Gasteiger partial charge in [-0.15, -0.1) is 0 Å². The van der Waals surface area contributed by atoms with E-state index in [-0.39, 0.29) is 17.6 Å². The Labute approximate surface area is 150 Å². The van der Waals surface area contributed by atoms with E-state index in [1.54, 1.807) is 12.1 Å². The third kappa shape index (κ3) is 5.10. The van der Waals surface area contributed by atoms with Crippen molar-refractivity contribution >= 4 is 17.6 Å². The lowest BCUT2D eigenvalue weighted by atomic mass is 10.2. The van der Waals surface area contributed by atoms with Gasteiger partial charge in [0, 0.05) is 17.9 Å². The van der Waals surface area contributed by atoms with E-state index in [0.717, 1.165) is 18.9 Å². The molecule has 0 aromatic heterocycles. The molecule has 1 aliphatic rings. The molecule has 1 heterocycles. The average Bonchev–Trinajstić information content (AvgIpc) is 3.13. The lowest BCUT2D eigenvalue weighted by Gasteiger charge is -2.13. The summed E-state index contributed by atoms with van der Waals surface area (Å²) in [5, 5.41) is 5.50. The number of carbonyl (C=O) groups is 1. The monoisotopic (exact) mass is 359 g/mol. The summed E-state index contributed by atoms with van der Waals surface area (Å²) < 4.78 is 32.2. The number of amides is 1. The zero-order chi connectivity index (χ0) is 18.4. The number of nitrogens with one attached hydrogen (secondary N) is 2. The van der Waals surface area contributed by atoms with Crippen LogP contribution in [-0.2, 0) is 4.74 Å². The summed E-state index contributed by atoms with van der Waals surface area (Å²) in [6, 6.07) is 11.1. The van der Waals surface area contributed by atoms with Gasteiger partial charge < -0.3 is 10.1 Å². The maximum absolute atomic E-state index is 13.4. The number of nitrogens with zero attached hydrogens (tertiary/aromatic N) is 1. The Morgan fingerprint density at radius 3 is 2.62 bits per heavy atom. The maximum Gasteiger partial charge on any atom is 0.258 e. The van der Waals surface area contributed by atoms with Crippen molar-refractivity contribution < 1.29 is 18.3 Å². The van der Waals surface area contributed by atoms with Crippen LogP contribution in [0.15, 0.2) is 53.5 Å². The number of carbonyl (C=O) groups excluding carboxylic acids is 1. The second-order valence-electron chi connectivity index (χ2n) is 5.92. The zero-order valence-electron chi connectivity index (χ0n) is 14.0. The molecule has 1 saturated heterocycles. The van der Waals surface area contributed by atoms with Crippen molar-refractivity contribution in [1.29, 1.82) is 0 Å². The molecule has 0 unspecified atom stereocenters. The van der Waals surface area contributed by atoms with Crippen LogP contribution < -0.4 is 10.6 Å². The number of guanidine groups is 1. The molecule has 0 radical (unpaired) electrons. The summed E-state index contributed by atoms with van der Waals surface area (Å²) in [6.45, 7) is 1.06. The summed E-state index contributed by atoms with van der Waals surface area (Å²) in [5.74, 6) is -1.28. The summed E-state index contributed by atoms with van der Waals surface area (Å²) in [7, 11) is 0. The number of hydrogen-bond donors (Lipinski definition) is 2. The lowest BCUT2D eigenvalue weighted by Crippen LogP contribution is -2.36. The first-order chi connectivity index (χ1) is 12.6. The minimum absolute atomic E-state index is 0.00891. The molecule has 5 nitrogen and oxygen atoms in total. The largest absolute Gasteiger partial charge is 0.376 e. The number of halogens is 2. The van der Waals surface area contributed by atoms with Crippen molar-refractivity contribution in [1.82, 2.24) is 5.32 Å². The molecule has 2 aromatic rings. The Morgan fingerprint density at radius 1 is 1.15 bits per heavy atom. The number of aliphatic imine (C=N–C) groups is 1. The molecule has 136 valence electrons. The van der Waals surface area contributed by atoms with Gasteiger partial charge in [0.15, 0.2) is 0 Å². The smallest absolute Gasteiger partial charge is 0.258 e. The Kier molecular flexibility index (Phi) is 5.91. The van der Waals surface area contributed by atoms with E-state index in [9.17, 15) is 13.6 Å². The van der Waals surface area contributed by atoms with Crippen molar-refractivity contribution in [3.8, 4) is 0 Å². The van der Waals surface area contributed by atoms with Gasteiger partial charge in [-0.2, -0.15) is 0 Å². The molecule has 0 aliphatic carbocycles. The van der Waals surface area contributed by atoms with Crippen LogP contribution in [0.5, 0.6) is 0 Å². The molecule has 1 atom stereocenters. The highest BCUT2D eigenvalue weighted by Crippen LogP contribution is 2.13. The third-order valence-corrected chi connectivity index (χ3v) is 3.88. The average molecular weight is 359 g/mol. The number of rotatable bonds is 4. The fourth-order valence-electron chi connectivity index (χ4n) is 2.60. The summed E-state index contributed by atoms with van der Waals surface area (Å²) >= 11 is 0. The van der Waals surface area contributed by atoms with Crippen molar-refractivity contribution in [2.75, 3.05) is 18.5 Å². The van der Waals surface area contributed by atoms with Crippen LogP contribution in [-0.4, -0.2) is 31.1 Å². The molecule has 1 fully saturated rings. The SMILES string of the molecule is O=C(NC(=NC[C@H]1CCCO1)Nc1cccc(F)c1)c1cccc(F)c1. The van der Waals surface area contributed by atoms with E-state index >= 15 is 0 Å². The summed E-state index contributed by atoms with van der Waals surface area (Å²) in [5.41, 5.74) is 0.603. The normalized spacial score (nSPS) is 17.2. The van der Waals surface area contributed by atoms with Gasteiger partial charge in [0.1, 0.15) is 11.6 Å². The minimum atomic E-state index is -0.514. The van der Waals surface area contributed by atoms with Gasteiger partial charge in [-0.3, -0.25) is 10.1 Å². The summed E-state index contributed by atoms with van der Waals surface area (Å²) in [6.07, 6.45) is 1.86. The second kappa shape index (κ2) is 8.53. The van der Waals surface area contributed by atoms with Crippen LogP contribution >= 0.6 is 0 Å². The van der Waals surface area contributed by atoms with E-state index < -0.39 is 17.5 Å². The zero-order valence-corrected chi connectivity index (χ0v) is 14.0. The van der Waals surface area contributed by atoms with Crippen LogP contribution in [0.1, 0.15) is 23.2 Å². The highest BCUT2D eigenvalue weighted by atomic mass is 19.1. The van der Waals surface area contributed by atoms with Gasteiger partial charge in [-0.25, -0.2) is 13.8 Å². The van der Waals surface area contributed by atoms with Crippen LogP contribution in [0.25, 0.3) is 0 Å². The number of hydrogen-bond acceptors (Lipinski definition) is 3. The predicted octanol–water partition coefficient (Wildman–Crippen LogP) is 3.34.